The van der Waals surface area contributed by atoms with Crippen LogP contribution in [-0.2, 0) is 0 Å². The Hall–Kier alpha value is -2.84. The Morgan fingerprint density at radius 3 is 2.40 bits per heavy atom. The number of nitrogens with two attached hydrogens (primary N) is 1. The molecule has 0 saturated carbocycles. The summed E-state index contributed by atoms with van der Waals surface area (Å²) >= 11 is 5.74. The number of amides is 1. The lowest BCUT2D eigenvalue weighted by molar-refractivity contribution is -0.383. The molecule has 0 heterocycles. The third kappa shape index (κ3) is 3.13. The van der Waals surface area contributed by atoms with Crippen molar-refractivity contribution < 1.29 is 9.72 Å². The van der Waals surface area contributed by atoms with E-state index in [1.165, 1.54) is 0 Å². The van der Waals surface area contributed by atoms with Crippen molar-refractivity contribution in [3.63, 3.8) is 0 Å². The van der Waals surface area contributed by atoms with Crippen LogP contribution in [-0.4, -0.2) is 28.8 Å². The highest BCUT2D eigenvalue weighted by atomic mass is 35.5. The van der Waals surface area contributed by atoms with Crippen LogP contribution in [0.3, 0.4) is 0 Å². The zero-order chi connectivity index (χ0) is 15.3. The van der Waals surface area contributed by atoms with E-state index in [1.807, 2.05) is 0 Å². The monoisotopic (exact) mass is 293 g/mol. The third-order valence-corrected chi connectivity index (χ3v) is 2.67. The van der Waals surface area contributed by atoms with Crippen molar-refractivity contribution in [2.75, 3.05) is 18.8 Å². The summed E-state index contributed by atoms with van der Waals surface area (Å²) in [6.45, 7) is -0.635. The van der Waals surface area contributed by atoms with Crippen LogP contribution in [0.2, 0.25) is 5.02 Å². The number of nitro benzene ring substituents is 1. The molecule has 102 valence electrons. The second-order valence-corrected chi connectivity index (χ2v) is 4.03. The maximum absolute atomic E-state index is 12.1. The van der Waals surface area contributed by atoms with Gasteiger partial charge in [-0.25, -0.2) is 0 Å². The number of carbonyl (C=O) groups excluding carboxylic acids is 1. The maximum Gasteiger partial charge on any atom is 0.294 e. The number of anilines is 1. The highest BCUT2D eigenvalue weighted by Gasteiger charge is 2.22. The smallest absolute Gasteiger partial charge is 0.294 e. The molecular formula is C11H8ClN5O3. The van der Waals surface area contributed by atoms with Crippen molar-refractivity contribution in [2.45, 2.75) is 0 Å². The molecule has 1 amide bonds. The molecule has 0 radical (unpaired) electrons. The Kier molecular flexibility index (Phi) is 4.84. The van der Waals surface area contributed by atoms with Crippen LogP contribution in [0, 0.1) is 32.8 Å². The van der Waals surface area contributed by atoms with Gasteiger partial charge in [-0.15, -0.1) is 0 Å². The molecule has 9 heteroatoms. The number of nitrogens with zero attached hydrogens (tertiary/aromatic N) is 4. The van der Waals surface area contributed by atoms with Crippen molar-refractivity contribution in [3.8, 4) is 12.1 Å². The van der Waals surface area contributed by atoms with E-state index in [1.54, 1.807) is 12.1 Å². The van der Waals surface area contributed by atoms with E-state index in [4.69, 9.17) is 27.9 Å². The van der Waals surface area contributed by atoms with Crippen LogP contribution in [0.4, 0.5) is 11.4 Å². The van der Waals surface area contributed by atoms with Gasteiger partial charge in [0.15, 0.2) is 0 Å². The van der Waals surface area contributed by atoms with E-state index in [0.717, 1.165) is 17.0 Å². The summed E-state index contributed by atoms with van der Waals surface area (Å²) in [5, 5.41) is 27.9. The second kappa shape index (κ2) is 6.36. The molecule has 0 aromatic heterocycles. The number of nitriles is 2. The lowest BCUT2D eigenvalue weighted by atomic mass is 10.1. The Bertz CT molecular complexity index is 631. The minimum Gasteiger partial charge on any atom is -0.392 e. The molecule has 2 N–H and O–H groups in total. The second-order valence-electron chi connectivity index (χ2n) is 3.63. The van der Waals surface area contributed by atoms with Gasteiger partial charge >= 0.3 is 0 Å². The Balaban J connectivity index is 3.26. The van der Waals surface area contributed by atoms with Crippen molar-refractivity contribution >= 4 is 28.9 Å². The summed E-state index contributed by atoms with van der Waals surface area (Å²) in [4.78, 5) is 23.0. The minimum absolute atomic E-state index is 0.110. The van der Waals surface area contributed by atoms with Crippen LogP contribution in [0.5, 0.6) is 0 Å². The Morgan fingerprint density at radius 1 is 1.40 bits per heavy atom. The first-order valence-corrected chi connectivity index (χ1v) is 5.56. The molecule has 0 spiro atoms. The third-order valence-electron chi connectivity index (χ3n) is 2.36. The van der Waals surface area contributed by atoms with E-state index < -0.39 is 16.5 Å². The van der Waals surface area contributed by atoms with Gasteiger partial charge in [0.25, 0.3) is 11.6 Å². The first-order chi connectivity index (χ1) is 9.42. The predicted octanol–water partition coefficient (Wildman–Crippen LogP) is 1.32. The summed E-state index contributed by atoms with van der Waals surface area (Å²) in [6.07, 6.45) is 0. The fraction of sp³-hybridized carbons (Fsp3) is 0.182. The topological polar surface area (TPSA) is 137 Å². The molecule has 0 bridgehead atoms. The summed E-state index contributed by atoms with van der Waals surface area (Å²) in [5.41, 5.74) is 4.58. The number of hydrogen-bond acceptors (Lipinski definition) is 6. The highest BCUT2D eigenvalue weighted by Crippen LogP contribution is 2.31. The van der Waals surface area contributed by atoms with E-state index in [9.17, 15) is 14.9 Å². The molecule has 1 rings (SSSR count). The molecule has 0 atom stereocenters. The van der Waals surface area contributed by atoms with E-state index in [2.05, 4.69) is 0 Å². The van der Waals surface area contributed by atoms with E-state index in [-0.39, 0.29) is 29.4 Å². The van der Waals surface area contributed by atoms with Crippen molar-refractivity contribution in [1.29, 1.82) is 10.5 Å². The van der Waals surface area contributed by atoms with Gasteiger partial charge in [-0.2, -0.15) is 10.5 Å². The first-order valence-electron chi connectivity index (χ1n) is 5.19. The highest BCUT2D eigenvalue weighted by molar-refractivity contribution is 6.34. The standard InChI is InChI=1S/C11H8ClN5O3/c12-8-5-7(6-9(10(8)15)17(19)20)11(18)16(3-1-13)4-2-14/h5-6H,3-4,15H2. The van der Waals surface area contributed by atoms with Crippen molar-refractivity contribution in [3.05, 3.63) is 32.8 Å². The largest absolute Gasteiger partial charge is 0.392 e. The lowest BCUT2D eigenvalue weighted by Crippen LogP contribution is -2.31. The molecule has 0 unspecified atom stereocenters. The quantitative estimate of drug-likeness (QED) is 0.384. The number of benzene rings is 1. The summed E-state index contributed by atoms with van der Waals surface area (Å²) in [6, 6.07) is 5.58. The minimum atomic E-state index is -0.767. The molecular weight excluding hydrogens is 286 g/mol. The number of hydrogen-bond donors (Lipinski definition) is 1. The number of carbonyl (C=O) groups is 1. The van der Waals surface area contributed by atoms with Gasteiger partial charge in [-0.3, -0.25) is 14.9 Å². The van der Waals surface area contributed by atoms with Crippen LogP contribution < -0.4 is 5.73 Å². The fourth-order valence-corrected chi connectivity index (χ4v) is 1.65. The van der Waals surface area contributed by atoms with Gasteiger partial charge in [0.1, 0.15) is 18.8 Å². The van der Waals surface area contributed by atoms with Gasteiger partial charge in [0, 0.05) is 11.6 Å². The average Bonchev–Trinajstić information content (AvgIpc) is 2.40. The normalized spacial score (nSPS) is 9.35. The Morgan fingerprint density at radius 2 is 1.95 bits per heavy atom. The lowest BCUT2D eigenvalue weighted by Gasteiger charge is -2.16. The number of nitro groups is 1. The van der Waals surface area contributed by atoms with Crippen molar-refractivity contribution in [2.24, 2.45) is 0 Å². The zero-order valence-corrected chi connectivity index (χ0v) is 10.8. The van der Waals surface area contributed by atoms with E-state index in [0.29, 0.717) is 0 Å². The molecule has 0 saturated heterocycles. The number of halogens is 1. The molecule has 0 aliphatic carbocycles. The summed E-state index contributed by atoms with van der Waals surface area (Å²) < 4.78 is 0. The van der Waals surface area contributed by atoms with E-state index >= 15 is 0 Å². The molecule has 1 aromatic carbocycles. The number of rotatable bonds is 4. The van der Waals surface area contributed by atoms with Gasteiger partial charge < -0.3 is 10.6 Å². The Labute approximate surface area is 118 Å². The van der Waals surface area contributed by atoms with Gasteiger partial charge in [0.05, 0.1) is 22.1 Å². The molecule has 8 nitrogen and oxygen atoms in total. The van der Waals surface area contributed by atoms with Crippen molar-refractivity contribution in [1.82, 2.24) is 4.90 Å². The average molecular weight is 294 g/mol. The molecule has 20 heavy (non-hydrogen) atoms. The summed E-state index contributed by atoms with van der Waals surface area (Å²) in [5.74, 6) is -0.710. The SMILES string of the molecule is N#CCN(CC#N)C(=O)c1cc(Cl)c(N)c([N+](=O)[O-])c1. The fourth-order valence-electron chi connectivity index (χ4n) is 1.43. The summed E-state index contributed by atoms with van der Waals surface area (Å²) in [7, 11) is 0. The maximum atomic E-state index is 12.1. The van der Waals surface area contributed by atoms with Gasteiger partial charge in [-0.05, 0) is 6.07 Å². The van der Waals surface area contributed by atoms with Crippen LogP contribution in [0.15, 0.2) is 12.1 Å². The zero-order valence-electron chi connectivity index (χ0n) is 10.0. The van der Waals surface area contributed by atoms with Crippen LogP contribution >= 0.6 is 11.6 Å². The van der Waals surface area contributed by atoms with Crippen LogP contribution in [0.1, 0.15) is 10.4 Å². The molecule has 0 fully saturated rings. The molecule has 1 aromatic rings. The molecule has 0 aliphatic heterocycles. The number of nitrogen functional groups attached to an aromatic ring is 1. The predicted molar refractivity (Wildman–Crippen MR) is 69.6 cm³/mol. The molecule has 0 aliphatic rings. The first kappa shape index (κ1) is 15.2. The van der Waals surface area contributed by atoms with Gasteiger partial charge in [-0.1, -0.05) is 11.6 Å². The van der Waals surface area contributed by atoms with Crippen LogP contribution in [0.25, 0.3) is 0 Å². The van der Waals surface area contributed by atoms with Gasteiger partial charge in [0.2, 0.25) is 0 Å².